The Morgan fingerprint density at radius 1 is 1.11 bits per heavy atom. The number of carbonyl (C=O) groups is 2. The summed E-state index contributed by atoms with van der Waals surface area (Å²) in [5.41, 5.74) is -0.598. The minimum absolute atomic E-state index is 0.0450. The number of aliphatic hydroxyl groups excluding tert-OH is 1. The minimum Gasteiger partial charge on any atom is -0.393 e. The summed E-state index contributed by atoms with van der Waals surface area (Å²) in [5, 5.41) is 11.9. The van der Waals surface area contributed by atoms with Crippen LogP contribution in [0.1, 0.15) is 84.5 Å². The molecule has 0 unspecified atom stereocenters. The summed E-state index contributed by atoms with van der Waals surface area (Å²) < 4.78 is 13.9. The predicted octanol–water partition coefficient (Wildman–Crippen LogP) is 4.60. The van der Waals surface area contributed by atoms with Gasteiger partial charge in [-0.3, -0.25) is 14.5 Å². The van der Waals surface area contributed by atoms with Crippen molar-refractivity contribution in [2.45, 2.75) is 109 Å². The number of hydrogen-bond acceptors (Lipinski definition) is 6. The van der Waals surface area contributed by atoms with Gasteiger partial charge in [0.05, 0.1) is 18.8 Å². The van der Waals surface area contributed by atoms with Crippen LogP contribution in [-0.2, 0) is 19.1 Å². The lowest BCUT2D eigenvalue weighted by Gasteiger charge is -2.60. The lowest BCUT2D eigenvalue weighted by Crippen LogP contribution is -2.64. The van der Waals surface area contributed by atoms with Crippen molar-refractivity contribution in [1.82, 2.24) is 4.90 Å². The Morgan fingerprint density at radius 2 is 1.87 bits per heavy atom. The van der Waals surface area contributed by atoms with Crippen LogP contribution in [0, 0.1) is 34.5 Å². The first kappa shape index (κ1) is 25.6. The quantitative estimate of drug-likeness (QED) is 0.581. The van der Waals surface area contributed by atoms with Crippen molar-refractivity contribution in [1.29, 1.82) is 0 Å². The van der Waals surface area contributed by atoms with E-state index in [9.17, 15) is 14.7 Å². The molecule has 0 aromatic rings. The molecule has 6 nitrogen and oxygen atoms in total. The van der Waals surface area contributed by atoms with E-state index < -0.39 is 17.1 Å². The summed E-state index contributed by atoms with van der Waals surface area (Å²) in [4.78, 5) is 29.0. The molecule has 6 fully saturated rings. The maximum Gasteiger partial charge on any atom is 0.181 e. The molecule has 2 aliphatic heterocycles. The molecule has 4 saturated carbocycles. The summed E-state index contributed by atoms with van der Waals surface area (Å²) in [5.74, 6) is 1.17. The zero-order valence-corrected chi connectivity index (χ0v) is 23.2. The van der Waals surface area contributed by atoms with Crippen LogP contribution in [-0.4, -0.2) is 65.3 Å². The monoisotopic (exact) mass is 523 g/mol. The third kappa shape index (κ3) is 3.52. The van der Waals surface area contributed by atoms with Crippen molar-refractivity contribution in [2.24, 2.45) is 34.5 Å². The van der Waals surface area contributed by atoms with E-state index in [0.29, 0.717) is 18.9 Å². The highest BCUT2D eigenvalue weighted by Crippen LogP contribution is 2.70. The molecule has 208 valence electrons. The van der Waals surface area contributed by atoms with E-state index in [2.05, 4.69) is 24.8 Å². The zero-order chi connectivity index (χ0) is 26.3. The highest BCUT2D eigenvalue weighted by Gasteiger charge is 2.76. The highest BCUT2D eigenvalue weighted by molar-refractivity contribution is 6.01. The van der Waals surface area contributed by atoms with Crippen molar-refractivity contribution in [3.63, 3.8) is 0 Å². The number of fused-ring (bicyclic) bond motifs is 7. The number of nitrogens with zero attached hydrogens (tertiary/aromatic N) is 1. The second-order valence-corrected chi connectivity index (χ2v) is 14.1. The number of allylic oxidation sites excluding steroid dienone is 4. The number of Topliss-reactive ketones (excluding diaryl/α,β-unsaturated/α-hetero) is 1. The van der Waals surface area contributed by atoms with Gasteiger partial charge in [0, 0.05) is 22.7 Å². The summed E-state index contributed by atoms with van der Waals surface area (Å²) in [7, 11) is 0. The number of ether oxygens (including phenoxy) is 2. The average Bonchev–Trinajstić information content (AvgIpc) is 3.60. The van der Waals surface area contributed by atoms with Crippen LogP contribution in [0.15, 0.2) is 23.8 Å². The number of rotatable bonds is 4. The predicted molar refractivity (Wildman–Crippen MR) is 143 cm³/mol. The molecule has 2 saturated heterocycles. The molecule has 7 rings (SSSR count). The molecular weight excluding hydrogens is 478 g/mol. The van der Waals surface area contributed by atoms with Gasteiger partial charge in [0.2, 0.25) is 0 Å². The third-order valence-corrected chi connectivity index (χ3v) is 12.3. The van der Waals surface area contributed by atoms with Crippen LogP contribution in [0.4, 0.5) is 0 Å². The van der Waals surface area contributed by atoms with Gasteiger partial charge in [0.1, 0.15) is 0 Å². The van der Waals surface area contributed by atoms with Crippen molar-refractivity contribution >= 4 is 11.6 Å². The highest BCUT2D eigenvalue weighted by atomic mass is 16.7. The second-order valence-electron chi connectivity index (χ2n) is 14.1. The van der Waals surface area contributed by atoms with Gasteiger partial charge >= 0.3 is 0 Å². The molecule has 5 aliphatic carbocycles. The Labute approximate surface area is 227 Å². The fourth-order valence-electron chi connectivity index (χ4n) is 10.5. The number of ketones is 2. The fourth-order valence-corrected chi connectivity index (χ4v) is 10.5. The van der Waals surface area contributed by atoms with Crippen molar-refractivity contribution in [2.75, 3.05) is 19.6 Å². The Kier molecular flexibility index (Phi) is 6.13. The van der Waals surface area contributed by atoms with Crippen LogP contribution in [0.2, 0.25) is 0 Å². The Bertz CT molecular complexity index is 1060. The summed E-state index contributed by atoms with van der Waals surface area (Å²) in [6.07, 6.45) is 15.9. The summed E-state index contributed by atoms with van der Waals surface area (Å²) >= 11 is 0. The Morgan fingerprint density at radius 3 is 2.63 bits per heavy atom. The number of carbonyl (C=O) groups excluding carboxylic acids is 2. The topological polar surface area (TPSA) is 76.1 Å². The minimum atomic E-state index is -0.982. The molecule has 38 heavy (non-hydrogen) atoms. The van der Waals surface area contributed by atoms with E-state index in [1.54, 1.807) is 6.08 Å². The van der Waals surface area contributed by atoms with E-state index in [4.69, 9.17) is 9.47 Å². The SMILES string of the molecule is C[C@]12C=CC(=O)C=C1CC[C@@H]1[C@@H]2[C@@H](O)C[C@@]2(C)[C@H]1C[C@@H]1O[C@@H](C3CCCCC3)O[C@]12C(=O)CN1CCCC1. The third-order valence-electron chi connectivity index (χ3n) is 12.3. The first-order chi connectivity index (χ1) is 18.3. The first-order valence-corrected chi connectivity index (χ1v) is 15.5. The molecule has 0 aromatic heterocycles. The first-order valence-electron chi connectivity index (χ1n) is 15.5. The van der Waals surface area contributed by atoms with E-state index in [1.165, 1.54) is 19.3 Å². The van der Waals surface area contributed by atoms with Gasteiger partial charge in [-0.15, -0.1) is 0 Å². The Hall–Kier alpha value is -1.34. The van der Waals surface area contributed by atoms with Gasteiger partial charge in [-0.1, -0.05) is 44.8 Å². The van der Waals surface area contributed by atoms with Gasteiger partial charge in [-0.25, -0.2) is 0 Å². The van der Waals surface area contributed by atoms with E-state index in [0.717, 1.165) is 63.6 Å². The van der Waals surface area contributed by atoms with Crippen LogP contribution in [0.3, 0.4) is 0 Å². The van der Waals surface area contributed by atoms with Gasteiger partial charge in [-0.05, 0) is 88.4 Å². The van der Waals surface area contributed by atoms with Crippen LogP contribution in [0.5, 0.6) is 0 Å². The smallest absolute Gasteiger partial charge is 0.181 e. The number of aliphatic hydroxyl groups is 1. The normalized spacial score (nSPS) is 48.8. The van der Waals surface area contributed by atoms with Gasteiger partial charge in [0.25, 0.3) is 0 Å². The molecule has 1 N–H and O–H groups in total. The van der Waals surface area contributed by atoms with Gasteiger partial charge in [-0.2, -0.15) is 0 Å². The molecule has 6 heteroatoms. The zero-order valence-electron chi connectivity index (χ0n) is 23.2. The molecule has 2 heterocycles. The number of hydrogen-bond donors (Lipinski definition) is 1. The summed E-state index contributed by atoms with van der Waals surface area (Å²) in [6, 6.07) is 0. The molecule has 0 bridgehead atoms. The van der Waals surface area contributed by atoms with Crippen molar-refractivity contribution in [3.8, 4) is 0 Å². The largest absolute Gasteiger partial charge is 0.393 e. The van der Waals surface area contributed by atoms with Crippen LogP contribution >= 0.6 is 0 Å². The fraction of sp³-hybridized carbons (Fsp3) is 0.812. The maximum atomic E-state index is 14.5. The molecule has 0 amide bonds. The van der Waals surface area contributed by atoms with Crippen LogP contribution in [0.25, 0.3) is 0 Å². The lowest BCUT2D eigenvalue weighted by molar-refractivity contribution is -0.208. The lowest BCUT2D eigenvalue weighted by atomic mass is 9.46. The number of likely N-dealkylation sites (tertiary alicyclic amines) is 1. The van der Waals surface area contributed by atoms with Crippen molar-refractivity contribution in [3.05, 3.63) is 23.8 Å². The van der Waals surface area contributed by atoms with E-state index >= 15 is 0 Å². The van der Waals surface area contributed by atoms with Gasteiger partial charge < -0.3 is 14.6 Å². The second kappa shape index (κ2) is 9.09. The standard InChI is InChI=1S/C32H45NO5/c1-30-13-12-22(34)16-21(30)10-11-23-24-17-27-32(26(36)19-33-14-6-7-15-33,31(24,2)18-25(35)28(23)30)38-29(37-27)20-8-4-3-5-9-20/h12-13,16,20,23-25,27-29,35H,3-11,14-15,17-19H2,1-2H3/t23-,24-,25-,27-,28+,29+,30-,31-,32+/m0/s1. The van der Waals surface area contributed by atoms with E-state index in [1.807, 2.05) is 6.08 Å². The van der Waals surface area contributed by atoms with Gasteiger partial charge in [0.15, 0.2) is 23.5 Å². The molecule has 9 atom stereocenters. The van der Waals surface area contributed by atoms with Crippen LogP contribution < -0.4 is 0 Å². The Balaban J connectivity index is 1.25. The summed E-state index contributed by atoms with van der Waals surface area (Å²) in [6.45, 7) is 6.84. The maximum absolute atomic E-state index is 14.5. The van der Waals surface area contributed by atoms with Crippen molar-refractivity contribution < 1.29 is 24.2 Å². The molecule has 0 radical (unpaired) electrons. The molecule has 7 aliphatic rings. The molecular formula is C32H45NO5. The average molecular weight is 524 g/mol. The van der Waals surface area contributed by atoms with E-state index in [-0.39, 0.29) is 47.1 Å². The molecule has 0 aromatic carbocycles. The molecule has 0 spiro atoms.